The highest BCUT2D eigenvalue weighted by atomic mass is 15.3. The number of piperazine rings is 1. The zero-order valence-electron chi connectivity index (χ0n) is 7.25. The summed E-state index contributed by atoms with van der Waals surface area (Å²) in [5.41, 5.74) is 0. The van der Waals surface area contributed by atoms with Gasteiger partial charge >= 0.3 is 0 Å². The SMILES string of the molecule is C[C@@H]1CN(c2ncc[nH]2)CCN1. The van der Waals surface area contributed by atoms with Crippen LogP contribution in [0.25, 0.3) is 0 Å². The molecular weight excluding hydrogens is 152 g/mol. The third kappa shape index (κ3) is 1.43. The van der Waals surface area contributed by atoms with Crippen molar-refractivity contribution in [1.29, 1.82) is 0 Å². The van der Waals surface area contributed by atoms with Gasteiger partial charge in [0, 0.05) is 38.1 Å². The summed E-state index contributed by atoms with van der Waals surface area (Å²) < 4.78 is 0. The molecule has 1 atom stereocenters. The van der Waals surface area contributed by atoms with E-state index in [0.717, 1.165) is 25.6 Å². The molecule has 1 aromatic heterocycles. The Kier molecular flexibility index (Phi) is 1.99. The number of H-pyrrole nitrogens is 1. The van der Waals surface area contributed by atoms with E-state index in [1.54, 1.807) is 6.20 Å². The van der Waals surface area contributed by atoms with Crippen LogP contribution in [0, 0.1) is 0 Å². The van der Waals surface area contributed by atoms with Crippen LogP contribution in [0.3, 0.4) is 0 Å². The van der Waals surface area contributed by atoms with Gasteiger partial charge in [0.2, 0.25) is 5.95 Å². The number of nitrogens with zero attached hydrogens (tertiary/aromatic N) is 2. The first kappa shape index (κ1) is 7.61. The lowest BCUT2D eigenvalue weighted by Gasteiger charge is -2.31. The van der Waals surface area contributed by atoms with Crippen LogP contribution in [0.4, 0.5) is 5.95 Å². The van der Waals surface area contributed by atoms with Crippen molar-refractivity contribution in [2.75, 3.05) is 24.5 Å². The second-order valence-electron chi connectivity index (χ2n) is 3.21. The summed E-state index contributed by atoms with van der Waals surface area (Å²) in [4.78, 5) is 9.60. The number of imidazole rings is 1. The molecule has 1 aliphatic heterocycles. The maximum Gasteiger partial charge on any atom is 0.202 e. The van der Waals surface area contributed by atoms with Crippen LogP contribution in [-0.4, -0.2) is 35.6 Å². The number of nitrogens with one attached hydrogen (secondary N) is 2. The molecule has 2 N–H and O–H groups in total. The predicted molar refractivity (Wildman–Crippen MR) is 48.3 cm³/mol. The Morgan fingerprint density at radius 3 is 3.25 bits per heavy atom. The molecule has 0 radical (unpaired) electrons. The smallest absolute Gasteiger partial charge is 0.202 e. The molecule has 0 unspecified atom stereocenters. The van der Waals surface area contributed by atoms with Gasteiger partial charge in [-0.1, -0.05) is 0 Å². The summed E-state index contributed by atoms with van der Waals surface area (Å²) in [7, 11) is 0. The van der Waals surface area contributed by atoms with E-state index in [2.05, 4.69) is 27.1 Å². The lowest BCUT2D eigenvalue weighted by molar-refractivity contribution is 0.480. The fourth-order valence-electron chi connectivity index (χ4n) is 1.55. The number of anilines is 1. The topological polar surface area (TPSA) is 44.0 Å². The average molecular weight is 166 g/mol. The maximum absolute atomic E-state index is 4.22. The highest BCUT2D eigenvalue weighted by Gasteiger charge is 2.16. The monoisotopic (exact) mass is 166 g/mol. The highest BCUT2D eigenvalue weighted by molar-refractivity contribution is 5.30. The lowest BCUT2D eigenvalue weighted by Crippen LogP contribution is -2.49. The molecule has 0 saturated carbocycles. The van der Waals surface area contributed by atoms with E-state index in [4.69, 9.17) is 0 Å². The van der Waals surface area contributed by atoms with Gasteiger partial charge in [-0.05, 0) is 6.92 Å². The van der Waals surface area contributed by atoms with E-state index in [9.17, 15) is 0 Å². The molecule has 1 saturated heterocycles. The van der Waals surface area contributed by atoms with Gasteiger partial charge in [-0.2, -0.15) is 0 Å². The van der Waals surface area contributed by atoms with Crippen molar-refractivity contribution in [3.05, 3.63) is 12.4 Å². The molecule has 66 valence electrons. The quantitative estimate of drug-likeness (QED) is 0.626. The number of hydrogen-bond acceptors (Lipinski definition) is 3. The van der Waals surface area contributed by atoms with Gasteiger partial charge < -0.3 is 15.2 Å². The minimum atomic E-state index is 0.559. The number of rotatable bonds is 1. The molecule has 2 rings (SSSR count). The van der Waals surface area contributed by atoms with Crippen molar-refractivity contribution in [2.24, 2.45) is 0 Å². The Morgan fingerprint density at radius 2 is 2.58 bits per heavy atom. The largest absolute Gasteiger partial charge is 0.340 e. The van der Waals surface area contributed by atoms with Gasteiger partial charge in [0.25, 0.3) is 0 Å². The minimum absolute atomic E-state index is 0.559. The third-order valence-electron chi connectivity index (χ3n) is 2.15. The van der Waals surface area contributed by atoms with Crippen LogP contribution in [0.15, 0.2) is 12.4 Å². The van der Waals surface area contributed by atoms with Gasteiger partial charge in [0.05, 0.1) is 0 Å². The summed E-state index contributed by atoms with van der Waals surface area (Å²) in [5.74, 6) is 0.989. The predicted octanol–water partition coefficient (Wildman–Crippen LogP) is 0.208. The van der Waals surface area contributed by atoms with Crippen molar-refractivity contribution >= 4 is 5.95 Å². The van der Waals surface area contributed by atoms with Crippen LogP contribution in [0.5, 0.6) is 0 Å². The van der Waals surface area contributed by atoms with E-state index in [0.29, 0.717) is 6.04 Å². The summed E-state index contributed by atoms with van der Waals surface area (Å²) in [6, 6.07) is 0.559. The number of hydrogen-bond donors (Lipinski definition) is 2. The van der Waals surface area contributed by atoms with E-state index < -0.39 is 0 Å². The highest BCUT2D eigenvalue weighted by Crippen LogP contribution is 2.08. The Labute approximate surface area is 72.0 Å². The molecule has 1 aromatic rings. The fraction of sp³-hybridized carbons (Fsp3) is 0.625. The molecule has 0 bridgehead atoms. The molecule has 0 aromatic carbocycles. The summed E-state index contributed by atoms with van der Waals surface area (Å²) in [6.45, 7) is 5.31. The van der Waals surface area contributed by atoms with Crippen LogP contribution < -0.4 is 10.2 Å². The normalized spacial score (nSPS) is 24.4. The fourth-order valence-corrected chi connectivity index (χ4v) is 1.55. The van der Waals surface area contributed by atoms with Gasteiger partial charge in [0.15, 0.2) is 0 Å². The van der Waals surface area contributed by atoms with E-state index >= 15 is 0 Å². The third-order valence-corrected chi connectivity index (χ3v) is 2.15. The van der Waals surface area contributed by atoms with Crippen molar-refractivity contribution in [3.8, 4) is 0 Å². The average Bonchev–Trinajstić information content (AvgIpc) is 2.56. The molecule has 0 amide bonds. The van der Waals surface area contributed by atoms with Crippen molar-refractivity contribution < 1.29 is 0 Å². The molecule has 1 aliphatic rings. The first-order valence-corrected chi connectivity index (χ1v) is 4.34. The van der Waals surface area contributed by atoms with Gasteiger partial charge in [-0.25, -0.2) is 4.98 Å². The molecule has 2 heterocycles. The molecule has 12 heavy (non-hydrogen) atoms. The summed E-state index contributed by atoms with van der Waals surface area (Å²) >= 11 is 0. The molecule has 0 spiro atoms. The minimum Gasteiger partial charge on any atom is -0.340 e. The maximum atomic E-state index is 4.22. The summed E-state index contributed by atoms with van der Waals surface area (Å²) in [6.07, 6.45) is 3.66. The van der Waals surface area contributed by atoms with E-state index in [1.165, 1.54) is 0 Å². The molecule has 4 heteroatoms. The van der Waals surface area contributed by atoms with Crippen molar-refractivity contribution in [2.45, 2.75) is 13.0 Å². The summed E-state index contributed by atoms with van der Waals surface area (Å²) in [5, 5.41) is 3.39. The van der Waals surface area contributed by atoms with Crippen LogP contribution >= 0.6 is 0 Å². The number of aromatic nitrogens is 2. The molecular formula is C8H14N4. The molecule has 1 fully saturated rings. The Hall–Kier alpha value is -1.03. The van der Waals surface area contributed by atoms with Gasteiger partial charge in [-0.3, -0.25) is 0 Å². The van der Waals surface area contributed by atoms with Crippen LogP contribution in [-0.2, 0) is 0 Å². The first-order chi connectivity index (χ1) is 5.86. The Morgan fingerprint density at radius 1 is 1.67 bits per heavy atom. The molecule has 4 nitrogen and oxygen atoms in total. The second-order valence-corrected chi connectivity index (χ2v) is 3.21. The van der Waals surface area contributed by atoms with Crippen LogP contribution in [0.2, 0.25) is 0 Å². The van der Waals surface area contributed by atoms with E-state index in [1.807, 2.05) is 6.20 Å². The van der Waals surface area contributed by atoms with Crippen molar-refractivity contribution in [3.63, 3.8) is 0 Å². The lowest BCUT2D eigenvalue weighted by atomic mass is 10.2. The zero-order chi connectivity index (χ0) is 8.39. The zero-order valence-corrected chi connectivity index (χ0v) is 7.25. The van der Waals surface area contributed by atoms with E-state index in [-0.39, 0.29) is 0 Å². The van der Waals surface area contributed by atoms with Crippen LogP contribution in [0.1, 0.15) is 6.92 Å². The number of aromatic amines is 1. The van der Waals surface area contributed by atoms with Gasteiger partial charge in [0.1, 0.15) is 0 Å². The Bertz CT molecular complexity index is 231. The standard InChI is InChI=1S/C8H14N4/c1-7-6-12(5-4-9-7)8-10-2-3-11-8/h2-3,7,9H,4-6H2,1H3,(H,10,11)/t7-/m1/s1. The van der Waals surface area contributed by atoms with Crippen molar-refractivity contribution in [1.82, 2.24) is 15.3 Å². The second kappa shape index (κ2) is 3.15. The Balaban J connectivity index is 2.04. The van der Waals surface area contributed by atoms with Gasteiger partial charge in [-0.15, -0.1) is 0 Å². The molecule has 0 aliphatic carbocycles. The first-order valence-electron chi connectivity index (χ1n) is 4.34.